The Morgan fingerprint density at radius 3 is 2.37 bits per heavy atom. The van der Waals surface area contributed by atoms with Gasteiger partial charge in [-0.3, -0.25) is 0 Å². The second-order valence-corrected chi connectivity index (χ2v) is 6.26. The first-order valence-electron chi connectivity index (χ1n) is 5.85. The minimum Gasteiger partial charge on any atom is -0.0921 e. The molecular weight excluding hydrogens is 366 g/mol. The molecule has 0 fully saturated rings. The summed E-state index contributed by atoms with van der Waals surface area (Å²) < 4.78 is 0. The highest BCUT2D eigenvalue weighted by Gasteiger charge is 2.12. The maximum absolute atomic E-state index is 6.05. The normalized spacial score (nSPS) is 12.4. The van der Waals surface area contributed by atoms with Crippen LogP contribution in [-0.2, 0) is 6.42 Å². The van der Waals surface area contributed by atoms with Gasteiger partial charge in [-0.2, -0.15) is 0 Å². The number of hydrogen-bond acceptors (Lipinski definition) is 0. The highest BCUT2D eigenvalue weighted by Crippen LogP contribution is 2.28. The monoisotopic (exact) mass is 376 g/mol. The molecule has 4 heteroatoms. The molecule has 19 heavy (non-hydrogen) atoms. The summed E-state index contributed by atoms with van der Waals surface area (Å²) in [4.78, 5) is 0. The van der Waals surface area contributed by atoms with Crippen LogP contribution in [0.1, 0.15) is 17.0 Å². The number of alkyl halides is 1. The Kier molecular flexibility index (Phi) is 5.58. The van der Waals surface area contributed by atoms with Gasteiger partial charge >= 0.3 is 0 Å². The van der Waals surface area contributed by atoms with Crippen molar-refractivity contribution in [2.45, 2.75) is 12.3 Å². The Hall–Kier alpha value is -0.210. The van der Waals surface area contributed by atoms with Crippen LogP contribution in [0.2, 0.25) is 15.1 Å². The van der Waals surface area contributed by atoms with Gasteiger partial charge < -0.3 is 0 Å². The highest BCUT2D eigenvalue weighted by atomic mass is 79.9. The maximum atomic E-state index is 6.05. The third-order valence-electron chi connectivity index (χ3n) is 2.97. The molecule has 1 unspecified atom stereocenters. The predicted molar refractivity (Wildman–Crippen MR) is 88.2 cm³/mol. The number of rotatable bonds is 4. The molecule has 0 aliphatic carbocycles. The molecule has 0 aromatic heterocycles. The second kappa shape index (κ2) is 6.99. The van der Waals surface area contributed by atoms with Crippen LogP contribution >= 0.6 is 50.7 Å². The molecule has 0 aliphatic rings. The fraction of sp³-hybridized carbons (Fsp3) is 0.200. The molecule has 0 nitrogen and oxygen atoms in total. The second-order valence-electron chi connectivity index (χ2n) is 4.36. The van der Waals surface area contributed by atoms with E-state index in [2.05, 4.69) is 22.0 Å². The van der Waals surface area contributed by atoms with E-state index in [1.54, 1.807) is 0 Å². The van der Waals surface area contributed by atoms with E-state index in [-0.39, 0.29) is 0 Å². The van der Waals surface area contributed by atoms with Gasteiger partial charge in [0.05, 0.1) is 10.0 Å². The van der Waals surface area contributed by atoms with Crippen LogP contribution in [0, 0.1) is 0 Å². The Labute approximate surface area is 136 Å². The standard InChI is InChI=1S/C15H12BrCl3/c16-9-12(11-2-1-3-13(17)8-11)6-10-4-5-14(18)15(19)7-10/h1-5,7-8,12H,6,9H2. The van der Waals surface area contributed by atoms with Gasteiger partial charge in [0.1, 0.15) is 0 Å². The molecule has 2 aromatic rings. The zero-order chi connectivity index (χ0) is 13.8. The van der Waals surface area contributed by atoms with Crippen LogP contribution < -0.4 is 0 Å². The predicted octanol–water partition coefficient (Wildman–Crippen LogP) is 6.37. The van der Waals surface area contributed by atoms with E-state index in [1.807, 2.05) is 36.4 Å². The average Bonchev–Trinajstić information content (AvgIpc) is 2.40. The van der Waals surface area contributed by atoms with E-state index in [0.29, 0.717) is 16.0 Å². The first kappa shape index (κ1) is 15.2. The van der Waals surface area contributed by atoms with Crippen molar-refractivity contribution in [2.24, 2.45) is 0 Å². The first-order valence-corrected chi connectivity index (χ1v) is 8.11. The van der Waals surface area contributed by atoms with Crippen molar-refractivity contribution in [2.75, 3.05) is 5.33 Å². The summed E-state index contributed by atoms with van der Waals surface area (Å²) >= 11 is 21.6. The van der Waals surface area contributed by atoms with Crippen LogP contribution in [0.25, 0.3) is 0 Å². The molecule has 1 atom stereocenters. The van der Waals surface area contributed by atoms with Gasteiger partial charge in [0.15, 0.2) is 0 Å². The minimum atomic E-state index is 0.357. The molecule has 0 radical (unpaired) electrons. The Balaban J connectivity index is 2.21. The van der Waals surface area contributed by atoms with Gasteiger partial charge in [-0.05, 0) is 47.7 Å². The molecule has 0 aliphatic heterocycles. The Morgan fingerprint density at radius 2 is 1.74 bits per heavy atom. The fourth-order valence-corrected chi connectivity index (χ4v) is 3.10. The fourth-order valence-electron chi connectivity index (χ4n) is 1.97. The summed E-state index contributed by atoms with van der Waals surface area (Å²) in [5.74, 6) is 0.357. The third kappa shape index (κ3) is 4.13. The van der Waals surface area contributed by atoms with Gasteiger partial charge in [-0.1, -0.05) is 68.9 Å². The number of benzene rings is 2. The Morgan fingerprint density at radius 1 is 0.947 bits per heavy atom. The summed E-state index contributed by atoms with van der Waals surface area (Å²) in [6.07, 6.45) is 0.891. The van der Waals surface area contributed by atoms with Crippen LogP contribution in [0.4, 0.5) is 0 Å². The molecule has 0 saturated heterocycles. The molecule has 2 aromatic carbocycles. The molecule has 0 N–H and O–H groups in total. The maximum Gasteiger partial charge on any atom is 0.0595 e. The van der Waals surface area contributed by atoms with E-state index in [0.717, 1.165) is 16.8 Å². The van der Waals surface area contributed by atoms with Crippen molar-refractivity contribution in [1.82, 2.24) is 0 Å². The van der Waals surface area contributed by atoms with Gasteiger partial charge in [0.25, 0.3) is 0 Å². The molecule has 0 amide bonds. The Bertz CT molecular complexity index is 569. The quantitative estimate of drug-likeness (QED) is 0.542. The van der Waals surface area contributed by atoms with Crippen molar-refractivity contribution in [3.8, 4) is 0 Å². The van der Waals surface area contributed by atoms with Crippen molar-refractivity contribution < 1.29 is 0 Å². The SMILES string of the molecule is Clc1cccc(C(CBr)Cc2ccc(Cl)c(Cl)c2)c1. The summed E-state index contributed by atoms with van der Waals surface area (Å²) in [6.45, 7) is 0. The highest BCUT2D eigenvalue weighted by molar-refractivity contribution is 9.09. The average molecular weight is 379 g/mol. The van der Waals surface area contributed by atoms with Crippen molar-refractivity contribution in [3.05, 3.63) is 68.7 Å². The van der Waals surface area contributed by atoms with Crippen LogP contribution in [0.5, 0.6) is 0 Å². The zero-order valence-electron chi connectivity index (χ0n) is 10.0. The molecule has 2 rings (SSSR count). The minimum absolute atomic E-state index is 0.357. The van der Waals surface area contributed by atoms with Gasteiger partial charge in [-0.15, -0.1) is 0 Å². The lowest BCUT2D eigenvalue weighted by atomic mass is 9.94. The largest absolute Gasteiger partial charge is 0.0921 e. The van der Waals surface area contributed by atoms with E-state index in [9.17, 15) is 0 Å². The van der Waals surface area contributed by atoms with Crippen molar-refractivity contribution >= 4 is 50.7 Å². The summed E-state index contributed by atoms with van der Waals surface area (Å²) in [6, 6.07) is 13.7. The molecule has 0 saturated carbocycles. The van der Waals surface area contributed by atoms with Gasteiger partial charge in [0, 0.05) is 10.4 Å². The molecular formula is C15H12BrCl3. The number of halogens is 4. The van der Waals surface area contributed by atoms with E-state index in [4.69, 9.17) is 34.8 Å². The lowest BCUT2D eigenvalue weighted by Crippen LogP contribution is -2.04. The van der Waals surface area contributed by atoms with Crippen LogP contribution in [0.3, 0.4) is 0 Å². The van der Waals surface area contributed by atoms with Crippen LogP contribution in [-0.4, -0.2) is 5.33 Å². The topological polar surface area (TPSA) is 0 Å². The lowest BCUT2D eigenvalue weighted by Gasteiger charge is -2.15. The summed E-state index contributed by atoms with van der Waals surface area (Å²) in [7, 11) is 0. The first-order chi connectivity index (χ1) is 9.10. The van der Waals surface area contributed by atoms with E-state index in [1.165, 1.54) is 11.1 Å². The van der Waals surface area contributed by atoms with Crippen LogP contribution in [0.15, 0.2) is 42.5 Å². The summed E-state index contributed by atoms with van der Waals surface area (Å²) in [5, 5.41) is 2.81. The molecule has 0 heterocycles. The van der Waals surface area contributed by atoms with E-state index < -0.39 is 0 Å². The summed E-state index contributed by atoms with van der Waals surface area (Å²) in [5.41, 5.74) is 2.38. The van der Waals surface area contributed by atoms with Crippen molar-refractivity contribution in [3.63, 3.8) is 0 Å². The van der Waals surface area contributed by atoms with Crippen molar-refractivity contribution in [1.29, 1.82) is 0 Å². The molecule has 0 bridgehead atoms. The van der Waals surface area contributed by atoms with E-state index >= 15 is 0 Å². The lowest BCUT2D eigenvalue weighted by molar-refractivity contribution is 0.776. The molecule has 0 spiro atoms. The molecule has 100 valence electrons. The van der Waals surface area contributed by atoms with Gasteiger partial charge in [-0.25, -0.2) is 0 Å². The zero-order valence-corrected chi connectivity index (χ0v) is 13.9. The third-order valence-corrected chi connectivity index (χ3v) is 4.73. The number of hydrogen-bond donors (Lipinski definition) is 0. The van der Waals surface area contributed by atoms with Gasteiger partial charge in [0.2, 0.25) is 0 Å². The smallest absolute Gasteiger partial charge is 0.0595 e.